The van der Waals surface area contributed by atoms with Gasteiger partial charge < -0.3 is 23.4 Å². The summed E-state index contributed by atoms with van der Waals surface area (Å²) in [6, 6.07) is 14.4. The van der Waals surface area contributed by atoms with E-state index in [0.717, 1.165) is 12.1 Å². The minimum Gasteiger partial charge on any atom is -0.497 e. The second-order valence-corrected chi connectivity index (χ2v) is 7.71. The molecule has 0 N–H and O–H groups in total. The van der Waals surface area contributed by atoms with Crippen LogP contribution in [0.1, 0.15) is 33.4 Å². The SMILES string of the molecule is CCOC(=O)c1ccc(Oc2c(C(F)(F)F)oc3cc(OC(=O)c4ccc(OC)cc4)ccc3c2=O)cc1. The minimum absolute atomic E-state index is 0.139. The Morgan fingerprint density at radius 2 is 1.42 bits per heavy atom. The number of carbonyl (C=O) groups excluding carboxylic acids is 2. The van der Waals surface area contributed by atoms with Gasteiger partial charge in [-0.1, -0.05) is 0 Å². The van der Waals surface area contributed by atoms with Crippen molar-refractivity contribution in [1.82, 2.24) is 0 Å². The van der Waals surface area contributed by atoms with Gasteiger partial charge in [0.25, 0.3) is 5.76 Å². The van der Waals surface area contributed by atoms with Crippen LogP contribution >= 0.6 is 0 Å². The summed E-state index contributed by atoms with van der Waals surface area (Å²) in [5.41, 5.74) is -1.24. The van der Waals surface area contributed by atoms with E-state index in [1.165, 1.54) is 61.7 Å². The standard InChI is InChI=1S/C27H19F3O8/c1-3-35-25(32)15-6-10-18(11-7-15)36-23-22(31)20-13-12-19(14-21(20)38-24(23)27(28,29)30)37-26(33)16-4-8-17(34-2)9-5-16/h4-14H,3H2,1-2H3. The number of methoxy groups -OCH3 is 1. The van der Waals surface area contributed by atoms with Crippen LogP contribution in [0.15, 0.2) is 75.9 Å². The van der Waals surface area contributed by atoms with Gasteiger partial charge in [0.1, 0.15) is 22.8 Å². The molecule has 0 bridgehead atoms. The fraction of sp³-hybridized carbons (Fsp3) is 0.148. The Morgan fingerprint density at radius 3 is 2.00 bits per heavy atom. The number of alkyl halides is 3. The van der Waals surface area contributed by atoms with Gasteiger partial charge >= 0.3 is 18.1 Å². The highest BCUT2D eigenvalue weighted by atomic mass is 19.4. The van der Waals surface area contributed by atoms with Crippen LogP contribution in [0, 0.1) is 0 Å². The van der Waals surface area contributed by atoms with E-state index >= 15 is 0 Å². The fourth-order valence-electron chi connectivity index (χ4n) is 3.38. The average Bonchev–Trinajstić information content (AvgIpc) is 2.90. The fourth-order valence-corrected chi connectivity index (χ4v) is 3.38. The number of carbonyl (C=O) groups is 2. The molecule has 0 aliphatic rings. The molecule has 0 aliphatic heterocycles. The number of benzene rings is 3. The van der Waals surface area contributed by atoms with Crippen LogP contribution in [0.2, 0.25) is 0 Å². The molecule has 3 aromatic carbocycles. The second kappa shape index (κ2) is 10.7. The molecule has 0 atom stereocenters. The minimum atomic E-state index is -5.09. The highest BCUT2D eigenvalue weighted by molar-refractivity contribution is 5.92. The third-order valence-corrected chi connectivity index (χ3v) is 5.20. The molecule has 1 aromatic heterocycles. The quantitative estimate of drug-likeness (QED) is 0.212. The molecule has 196 valence electrons. The van der Waals surface area contributed by atoms with Crippen molar-refractivity contribution in [2.75, 3.05) is 13.7 Å². The maximum Gasteiger partial charge on any atom is 0.453 e. The van der Waals surface area contributed by atoms with Crippen molar-refractivity contribution in [3.05, 3.63) is 93.8 Å². The zero-order valence-electron chi connectivity index (χ0n) is 20.0. The van der Waals surface area contributed by atoms with Crippen LogP contribution in [0.5, 0.6) is 23.0 Å². The van der Waals surface area contributed by atoms with Crippen molar-refractivity contribution in [1.29, 1.82) is 0 Å². The Hall–Kier alpha value is -4.80. The number of hydrogen-bond acceptors (Lipinski definition) is 8. The maximum absolute atomic E-state index is 13.8. The van der Waals surface area contributed by atoms with Crippen molar-refractivity contribution < 1.29 is 46.1 Å². The van der Waals surface area contributed by atoms with Crippen molar-refractivity contribution >= 4 is 22.9 Å². The van der Waals surface area contributed by atoms with Gasteiger partial charge in [-0.3, -0.25) is 4.79 Å². The molecule has 38 heavy (non-hydrogen) atoms. The average molecular weight is 528 g/mol. The van der Waals surface area contributed by atoms with E-state index in [9.17, 15) is 27.6 Å². The molecule has 0 saturated carbocycles. The zero-order valence-corrected chi connectivity index (χ0v) is 20.0. The molecule has 0 radical (unpaired) electrons. The lowest BCUT2D eigenvalue weighted by Crippen LogP contribution is -2.15. The molecule has 0 amide bonds. The summed E-state index contributed by atoms with van der Waals surface area (Å²) in [5, 5.41) is -0.236. The van der Waals surface area contributed by atoms with Gasteiger partial charge in [-0.05, 0) is 67.6 Å². The topological polar surface area (TPSA) is 101 Å². The summed E-state index contributed by atoms with van der Waals surface area (Å²) in [6.07, 6.45) is -5.09. The van der Waals surface area contributed by atoms with Gasteiger partial charge in [-0.15, -0.1) is 0 Å². The van der Waals surface area contributed by atoms with Gasteiger partial charge in [0.2, 0.25) is 11.2 Å². The number of halogens is 3. The summed E-state index contributed by atoms with van der Waals surface area (Å²) < 4.78 is 66.9. The van der Waals surface area contributed by atoms with Gasteiger partial charge in [-0.25, -0.2) is 9.59 Å². The van der Waals surface area contributed by atoms with E-state index in [2.05, 4.69) is 0 Å². The second-order valence-electron chi connectivity index (χ2n) is 7.71. The third-order valence-electron chi connectivity index (χ3n) is 5.20. The van der Waals surface area contributed by atoms with E-state index in [-0.39, 0.29) is 34.6 Å². The molecule has 8 nitrogen and oxygen atoms in total. The monoisotopic (exact) mass is 528 g/mol. The van der Waals surface area contributed by atoms with E-state index in [0.29, 0.717) is 5.75 Å². The molecule has 0 aliphatic carbocycles. The van der Waals surface area contributed by atoms with Crippen LogP contribution in [0.25, 0.3) is 11.0 Å². The zero-order chi connectivity index (χ0) is 27.4. The first-order valence-corrected chi connectivity index (χ1v) is 11.1. The molecule has 11 heteroatoms. The summed E-state index contributed by atoms with van der Waals surface area (Å²) >= 11 is 0. The van der Waals surface area contributed by atoms with Gasteiger partial charge in [0, 0.05) is 6.07 Å². The smallest absolute Gasteiger partial charge is 0.453 e. The van der Waals surface area contributed by atoms with Crippen molar-refractivity contribution in [3.63, 3.8) is 0 Å². The highest BCUT2D eigenvalue weighted by Gasteiger charge is 2.40. The van der Waals surface area contributed by atoms with Gasteiger partial charge in [-0.2, -0.15) is 13.2 Å². The number of rotatable bonds is 7. The van der Waals surface area contributed by atoms with Crippen LogP contribution in [0.3, 0.4) is 0 Å². The number of hydrogen-bond donors (Lipinski definition) is 0. The molecule has 0 fully saturated rings. The molecule has 4 aromatic rings. The largest absolute Gasteiger partial charge is 0.497 e. The molecule has 4 rings (SSSR count). The lowest BCUT2D eigenvalue weighted by Gasteiger charge is -2.14. The number of fused-ring (bicyclic) bond motifs is 1. The molecular weight excluding hydrogens is 509 g/mol. The number of ether oxygens (including phenoxy) is 4. The Balaban J connectivity index is 1.67. The first kappa shape index (κ1) is 26.3. The van der Waals surface area contributed by atoms with Crippen molar-refractivity contribution in [2.45, 2.75) is 13.1 Å². The highest BCUT2D eigenvalue weighted by Crippen LogP contribution is 2.38. The Labute approximate surface area is 213 Å². The number of esters is 2. The van der Waals surface area contributed by atoms with Crippen LogP contribution < -0.4 is 19.6 Å². The van der Waals surface area contributed by atoms with E-state index in [1.807, 2.05) is 0 Å². The van der Waals surface area contributed by atoms with Gasteiger partial charge in [0.05, 0.1) is 30.2 Å². The summed E-state index contributed by atoms with van der Waals surface area (Å²) in [6.45, 7) is 1.77. The Morgan fingerprint density at radius 1 is 0.842 bits per heavy atom. The molecular formula is C27H19F3O8. The lowest BCUT2D eigenvalue weighted by molar-refractivity contribution is -0.154. The molecule has 0 saturated heterocycles. The molecule has 0 unspecified atom stereocenters. The summed E-state index contributed by atoms with van der Waals surface area (Å²) in [4.78, 5) is 37.2. The third kappa shape index (κ3) is 5.61. The van der Waals surface area contributed by atoms with E-state index in [4.69, 9.17) is 23.4 Å². The summed E-state index contributed by atoms with van der Waals surface area (Å²) in [5.74, 6) is -3.93. The predicted octanol–water partition coefficient (Wildman–Crippen LogP) is 6.01. The van der Waals surface area contributed by atoms with Crippen molar-refractivity contribution in [3.8, 4) is 23.0 Å². The Kier molecular flexibility index (Phi) is 7.38. The summed E-state index contributed by atoms with van der Waals surface area (Å²) in [7, 11) is 1.46. The normalized spacial score (nSPS) is 11.2. The molecule has 0 spiro atoms. The van der Waals surface area contributed by atoms with E-state index < -0.39 is 40.6 Å². The maximum atomic E-state index is 13.8. The van der Waals surface area contributed by atoms with E-state index in [1.54, 1.807) is 6.92 Å². The first-order valence-electron chi connectivity index (χ1n) is 11.1. The lowest BCUT2D eigenvalue weighted by atomic mass is 10.2. The van der Waals surface area contributed by atoms with Crippen molar-refractivity contribution in [2.24, 2.45) is 0 Å². The Bertz CT molecular complexity index is 1540. The van der Waals surface area contributed by atoms with Crippen LogP contribution in [0.4, 0.5) is 13.2 Å². The van der Waals surface area contributed by atoms with Gasteiger partial charge in [0.15, 0.2) is 0 Å². The molecule has 1 heterocycles. The first-order chi connectivity index (χ1) is 18.1. The van der Waals surface area contributed by atoms with Crippen LogP contribution in [-0.2, 0) is 10.9 Å². The van der Waals surface area contributed by atoms with Crippen LogP contribution in [-0.4, -0.2) is 25.7 Å². The predicted molar refractivity (Wildman–Crippen MR) is 128 cm³/mol.